The molecule has 0 fully saturated rings. The molecule has 6 nitrogen and oxygen atoms in total. The molecule has 0 radical (unpaired) electrons. The van der Waals surface area contributed by atoms with Gasteiger partial charge in [-0.15, -0.1) is 0 Å². The summed E-state index contributed by atoms with van der Waals surface area (Å²) in [6.07, 6.45) is 0. The lowest BCUT2D eigenvalue weighted by Crippen LogP contribution is -2.40. The number of hydrogen-bond donors (Lipinski definition) is 4. The van der Waals surface area contributed by atoms with E-state index in [9.17, 15) is 0 Å². The fourth-order valence-electron chi connectivity index (χ4n) is 1.52. The molecule has 0 aromatic rings. The van der Waals surface area contributed by atoms with Crippen LogP contribution in [0.2, 0.25) is 0 Å². The SMILES string of the molecule is OCCN(CCO)CCN(CCO)CCO. The first-order chi connectivity index (χ1) is 7.78. The zero-order chi connectivity index (χ0) is 12.2. The molecule has 0 aliphatic rings. The summed E-state index contributed by atoms with van der Waals surface area (Å²) in [5.74, 6) is 0. The summed E-state index contributed by atoms with van der Waals surface area (Å²) in [7, 11) is 0. The molecular weight excluding hydrogens is 212 g/mol. The van der Waals surface area contributed by atoms with Crippen molar-refractivity contribution in [1.82, 2.24) is 9.80 Å². The van der Waals surface area contributed by atoms with E-state index in [1.54, 1.807) is 0 Å². The molecule has 0 bridgehead atoms. The highest BCUT2D eigenvalue weighted by Gasteiger charge is 2.07. The van der Waals surface area contributed by atoms with Crippen molar-refractivity contribution >= 4 is 0 Å². The van der Waals surface area contributed by atoms with Gasteiger partial charge in [0, 0.05) is 39.3 Å². The lowest BCUT2D eigenvalue weighted by atomic mass is 10.4. The largest absolute Gasteiger partial charge is 0.395 e. The molecule has 0 saturated carbocycles. The Morgan fingerprint density at radius 2 is 0.688 bits per heavy atom. The van der Waals surface area contributed by atoms with Gasteiger partial charge < -0.3 is 20.4 Å². The van der Waals surface area contributed by atoms with Crippen LogP contribution in [0.4, 0.5) is 0 Å². The van der Waals surface area contributed by atoms with Crippen LogP contribution in [-0.4, -0.2) is 95.9 Å². The van der Waals surface area contributed by atoms with E-state index < -0.39 is 0 Å². The quantitative estimate of drug-likeness (QED) is 0.319. The van der Waals surface area contributed by atoms with Crippen molar-refractivity contribution in [3.8, 4) is 0 Å². The first-order valence-corrected chi connectivity index (χ1v) is 5.66. The molecule has 0 heterocycles. The minimum atomic E-state index is 0.0694. The summed E-state index contributed by atoms with van der Waals surface area (Å²) in [6.45, 7) is 3.83. The van der Waals surface area contributed by atoms with Crippen LogP contribution in [0.5, 0.6) is 0 Å². The molecule has 0 amide bonds. The van der Waals surface area contributed by atoms with Gasteiger partial charge in [-0.3, -0.25) is 9.80 Å². The third-order valence-electron chi connectivity index (χ3n) is 2.40. The Hall–Kier alpha value is -0.240. The third kappa shape index (κ3) is 7.98. The maximum Gasteiger partial charge on any atom is 0.0558 e. The van der Waals surface area contributed by atoms with Gasteiger partial charge >= 0.3 is 0 Å². The van der Waals surface area contributed by atoms with E-state index >= 15 is 0 Å². The Labute approximate surface area is 96.7 Å². The van der Waals surface area contributed by atoms with E-state index in [1.165, 1.54) is 0 Å². The molecule has 0 aliphatic heterocycles. The second kappa shape index (κ2) is 11.3. The molecule has 16 heavy (non-hydrogen) atoms. The molecule has 6 heteroatoms. The van der Waals surface area contributed by atoms with Crippen LogP contribution in [0.3, 0.4) is 0 Å². The van der Waals surface area contributed by atoms with E-state index in [0.717, 1.165) is 0 Å². The minimum Gasteiger partial charge on any atom is -0.395 e. The molecule has 0 aromatic carbocycles. The van der Waals surface area contributed by atoms with Crippen molar-refractivity contribution in [2.45, 2.75) is 0 Å². The molecular formula is C10H24N2O4. The van der Waals surface area contributed by atoms with Crippen LogP contribution >= 0.6 is 0 Å². The van der Waals surface area contributed by atoms with E-state index in [4.69, 9.17) is 20.4 Å². The van der Waals surface area contributed by atoms with Crippen LogP contribution in [0.25, 0.3) is 0 Å². The maximum absolute atomic E-state index is 8.82. The average molecular weight is 236 g/mol. The van der Waals surface area contributed by atoms with Crippen molar-refractivity contribution < 1.29 is 20.4 Å². The number of aliphatic hydroxyl groups excluding tert-OH is 4. The maximum atomic E-state index is 8.82. The normalized spacial score (nSPS) is 11.6. The molecule has 0 atom stereocenters. The van der Waals surface area contributed by atoms with Gasteiger partial charge in [0.15, 0.2) is 0 Å². The van der Waals surface area contributed by atoms with E-state index in [-0.39, 0.29) is 26.4 Å². The molecule has 0 rings (SSSR count). The second-order valence-corrected chi connectivity index (χ2v) is 3.58. The van der Waals surface area contributed by atoms with Crippen molar-refractivity contribution in [2.75, 3.05) is 65.7 Å². The van der Waals surface area contributed by atoms with Crippen LogP contribution in [-0.2, 0) is 0 Å². The lowest BCUT2D eigenvalue weighted by Gasteiger charge is -2.25. The van der Waals surface area contributed by atoms with Crippen LogP contribution in [0, 0.1) is 0 Å². The zero-order valence-corrected chi connectivity index (χ0v) is 9.75. The smallest absolute Gasteiger partial charge is 0.0558 e. The van der Waals surface area contributed by atoms with Crippen molar-refractivity contribution in [2.24, 2.45) is 0 Å². The summed E-state index contributed by atoms with van der Waals surface area (Å²) in [6, 6.07) is 0. The van der Waals surface area contributed by atoms with Gasteiger partial charge in [0.05, 0.1) is 26.4 Å². The monoisotopic (exact) mass is 236 g/mol. The van der Waals surface area contributed by atoms with E-state index in [1.807, 2.05) is 9.80 Å². The Balaban J connectivity index is 3.83. The van der Waals surface area contributed by atoms with Crippen LogP contribution < -0.4 is 0 Å². The molecule has 0 saturated heterocycles. The fourth-order valence-corrected chi connectivity index (χ4v) is 1.52. The Morgan fingerprint density at radius 1 is 0.438 bits per heavy atom. The summed E-state index contributed by atoms with van der Waals surface area (Å²) in [4.78, 5) is 3.89. The predicted molar refractivity (Wildman–Crippen MR) is 61.2 cm³/mol. The van der Waals surface area contributed by atoms with E-state index in [0.29, 0.717) is 39.3 Å². The zero-order valence-electron chi connectivity index (χ0n) is 9.75. The third-order valence-corrected chi connectivity index (χ3v) is 2.40. The average Bonchev–Trinajstić information content (AvgIpc) is 2.27. The summed E-state index contributed by atoms with van der Waals surface area (Å²) >= 11 is 0. The Kier molecular flexibility index (Phi) is 11.1. The number of nitrogens with zero attached hydrogens (tertiary/aromatic N) is 2. The molecule has 4 N–H and O–H groups in total. The lowest BCUT2D eigenvalue weighted by molar-refractivity contribution is 0.121. The van der Waals surface area contributed by atoms with Crippen LogP contribution in [0.1, 0.15) is 0 Å². The molecule has 98 valence electrons. The van der Waals surface area contributed by atoms with Gasteiger partial charge in [-0.2, -0.15) is 0 Å². The van der Waals surface area contributed by atoms with E-state index in [2.05, 4.69) is 0 Å². The topological polar surface area (TPSA) is 87.4 Å². The van der Waals surface area contributed by atoms with Crippen molar-refractivity contribution in [3.05, 3.63) is 0 Å². The van der Waals surface area contributed by atoms with Gasteiger partial charge in [-0.1, -0.05) is 0 Å². The van der Waals surface area contributed by atoms with Gasteiger partial charge in [-0.25, -0.2) is 0 Å². The molecule has 0 unspecified atom stereocenters. The van der Waals surface area contributed by atoms with Gasteiger partial charge in [0.1, 0.15) is 0 Å². The number of rotatable bonds is 11. The highest BCUT2D eigenvalue weighted by Crippen LogP contribution is 1.92. The first kappa shape index (κ1) is 15.8. The molecule has 0 spiro atoms. The minimum absolute atomic E-state index is 0.0694. The second-order valence-electron chi connectivity index (χ2n) is 3.58. The number of hydrogen-bond acceptors (Lipinski definition) is 6. The van der Waals surface area contributed by atoms with Crippen molar-refractivity contribution in [1.29, 1.82) is 0 Å². The summed E-state index contributed by atoms with van der Waals surface area (Å²) in [5.41, 5.74) is 0. The molecule has 0 aliphatic carbocycles. The highest BCUT2D eigenvalue weighted by atomic mass is 16.3. The standard InChI is InChI=1S/C10H24N2O4/c13-7-3-11(4-8-14)1-2-12(5-9-15)6-10-16/h13-16H,1-10H2. The predicted octanol–water partition coefficient (Wildman–Crippen LogP) is -2.44. The van der Waals surface area contributed by atoms with Gasteiger partial charge in [-0.05, 0) is 0 Å². The Bertz CT molecular complexity index is 121. The summed E-state index contributed by atoms with van der Waals surface area (Å²) in [5, 5.41) is 35.3. The Morgan fingerprint density at radius 3 is 0.875 bits per heavy atom. The summed E-state index contributed by atoms with van der Waals surface area (Å²) < 4.78 is 0. The number of aliphatic hydroxyl groups is 4. The highest BCUT2D eigenvalue weighted by molar-refractivity contribution is 4.62. The first-order valence-electron chi connectivity index (χ1n) is 5.66. The molecule has 0 aromatic heterocycles. The van der Waals surface area contributed by atoms with Gasteiger partial charge in [0.2, 0.25) is 0 Å². The van der Waals surface area contributed by atoms with Crippen molar-refractivity contribution in [3.63, 3.8) is 0 Å². The van der Waals surface area contributed by atoms with Crippen LogP contribution in [0.15, 0.2) is 0 Å². The fraction of sp³-hybridized carbons (Fsp3) is 1.00. The van der Waals surface area contributed by atoms with Gasteiger partial charge in [0.25, 0.3) is 0 Å².